The van der Waals surface area contributed by atoms with Crippen molar-refractivity contribution < 1.29 is 4.79 Å². The summed E-state index contributed by atoms with van der Waals surface area (Å²) in [5, 5.41) is 5.35. The smallest absolute Gasteiger partial charge is 0.252 e. The molecular formula is C17H15N3OS2. The Labute approximate surface area is 143 Å². The molecule has 0 bridgehead atoms. The van der Waals surface area contributed by atoms with Gasteiger partial charge in [0.25, 0.3) is 5.91 Å². The zero-order chi connectivity index (χ0) is 16.2. The van der Waals surface area contributed by atoms with E-state index in [2.05, 4.69) is 27.9 Å². The summed E-state index contributed by atoms with van der Waals surface area (Å²) in [6.45, 7) is 1.92. The minimum absolute atomic E-state index is 0.141. The summed E-state index contributed by atoms with van der Waals surface area (Å²) < 4.78 is 1.02. The summed E-state index contributed by atoms with van der Waals surface area (Å²) in [5.41, 5.74) is 3.18. The molecule has 0 saturated carbocycles. The van der Waals surface area contributed by atoms with E-state index in [1.807, 2.05) is 37.3 Å². The molecule has 1 aromatic carbocycles. The number of thiazole rings is 1. The third kappa shape index (κ3) is 3.28. The monoisotopic (exact) mass is 341 g/mol. The molecule has 0 fully saturated rings. The van der Waals surface area contributed by atoms with Crippen molar-refractivity contribution in [3.05, 3.63) is 53.7 Å². The van der Waals surface area contributed by atoms with E-state index < -0.39 is 0 Å². The molecule has 3 aromatic rings. The molecular weight excluding hydrogens is 326 g/mol. The maximum Gasteiger partial charge on any atom is 0.252 e. The zero-order valence-electron chi connectivity index (χ0n) is 12.5. The quantitative estimate of drug-likeness (QED) is 0.542. The second-order valence-corrected chi connectivity index (χ2v) is 6.16. The number of amides is 1. The van der Waals surface area contributed by atoms with Crippen LogP contribution in [0.25, 0.3) is 20.8 Å². The van der Waals surface area contributed by atoms with E-state index >= 15 is 0 Å². The largest absolute Gasteiger partial charge is 0.322 e. The van der Waals surface area contributed by atoms with Crippen LogP contribution in [0.1, 0.15) is 13.3 Å². The summed E-state index contributed by atoms with van der Waals surface area (Å²) in [6.07, 6.45) is 4.16. The first kappa shape index (κ1) is 15.7. The van der Waals surface area contributed by atoms with Crippen LogP contribution in [0.3, 0.4) is 0 Å². The molecule has 0 spiro atoms. The number of anilines is 1. The van der Waals surface area contributed by atoms with Crippen LogP contribution >= 0.6 is 24.0 Å². The second kappa shape index (κ2) is 6.93. The number of aromatic nitrogens is 2. The molecule has 0 aliphatic rings. The van der Waals surface area contributed by atoms with Gasteiger partial charge < -0.3 is 5.32 Å². The van der Waals surface area contributed by atoms with Crippen LogP contribution in [0, 0.1) is 0 Å². The predicted molar refractivity (Wildman–Crippen MR) is 98.8 cm³/mol. The van der Waals surface area contributed by atoms with Crippen molar-refractivity contribution in [3.8, 4) is 10.6 Å². The first-order valence-electron chi connectivity index (χ1n) is 7.17. The summed E-state index contributed by atoms with van der Waals surface area (Å²) in [5.74, 6) is -0.141. The lowest BCUT2D eigenvalue weighted by Gasteiger charge is -2.10. The zero-order valence-corrected chi connectivity index (χ0v) is 14.2. The molecule has 23 heavy (non-hydrogen) atoms. The van der Waals surface area contributed by atoms with Crippen molar-refractivity contribution in [2.45, 2.75) is 13.3 Å². The van der Waals surface area contributed by atoms with Gasteiger partial charge in [-0.25, -0.2) is 4.98 Å². The van der Waals surface area contributed by atoms with Gasteiger partial charge in [-0.3, -0.25) is 9.78 Å². The summed E-state index contributed by atoms with van der Waals surface area (Å²) in [6, 6.07) is 9.55. The second-order valence-electron chi connectivity index (χ2n) is 4.87. The van der Waals surface area contributed by atoms with Crippen LogP contribution in [-0.4, -0.2) is 15.9 Å². The van der Waals surface area contributed by atoms with E-state index in [9.17, 15) is 4.79 Å². The van der Waals surface area contributed by atoms with Crippen molar-refractivity contribution >= 4 is 45.8 Å². The predicted octanol–water partition coefficient (Wildman–Crippen LogP) is 4.52. The number of hydrogen-bond donors (Lipinski definition) is 2. The molecule has 2 heterocycles. The van der Waals surface area contributed by atoms with E-state index in [1.54, 1.807) is 29.1 Å². The molecule has 0 radical (unpaired) electrons. The number of carbonyl (C=O) groups excluding carboxylic acids is 1. The van der Waals surface area contributed by atoms with Gasteiger partial charge in [0.1, 0.15) is 5.01 Å². The van der Waals surface area contributed by atoms with Crippen LogP contribution in [0.5, 0.6) is 0 Å². The number of nitrogens with one attached hydrogen (secondary N) is 1. The summed E-state index contributed by atoms with van der Waals surface area (Å²) >= 11 is 5.65. The molecule has 4 nitrogen and oxygen atoms in total. The molecule has 116 valence electrons. The Bertz CT molecular complexity index is 853. The van der Waals surface area contributed by atoms with Crippen LogP contribution < -0.4 is 5.32 Å². The minimum atomic E-state index is -0.141. The highest BCUT2D eigenvalue weighted by Gasteiger charge is 2.13. The van der Waals surface area contributed by atoms with Crippen molar-refractivity contribution in [1.29, 1.82) is 0 Å². The first-order chi connectivity index (χ1) is 11.2. The average molecular weight is 341 g/mol. The maximum atomic E-state index is 12.3. The van der Waals surface area contributed by atoms with Gasteiger partial charge in [0.2, 0.25) is 0 Å². The fraction of sp³-hybridized carbons (Fsp3) is 0.118. The third-order valence-electron chi connectivity index (χ3n) is 3.43. The van der Waals surface area contributed by atoms with Gasteiger partial charge >= 0.3 is 0 Å². The minimum Gasteiger partial charge on any atom is -0.322 e. The number of nitrogens with zero attached hydrogens (tertiary/aromatic N) is 2. The third-order valence-corrected chi connectivity index (χ3v) is 4.78. The van der Waals surface area contributed by atoms with E-state index in [1.165, 1.54) is 0 Å². The molecule has 0 saturated heterocycles. The number of thiol groups is 1. The van der Waals surface area contributed by atoms with Gasteiger partial charge in [0.05, 0.1) is 15.9 Å². The Morgan fingerprint density at radius 3 is 2.91 bits per heavy atom. The number of hydrogen-bond acceptors (Lipinski definition) is 5. The molecule has 0 aliphatic carbocycles. The fourth-order valence-corrected chi connectivity index (χ4v) is 3.46. The SMILES string of the molecule is CC/C(=C\S)C(=O)Nc1ccccc1-c1nc2ccncc2s1. The average Bonchev–Trinajstić information content (AvgIpc) is 3.00. The summed E-state index contributed by atoms with van der Waals surface area (Å²) in [4.78, 5) is 21.0. The van der Waals surface area contributed by atoms with Crippen LogP contribution in [-0.2, 0) is 4.79 Å². The van der Waals surface area contributed by atoms with Gasteiger partial charge in [0, 0.05) is 23.5 Å². The highest BCUT2D eigenvalue weighted by Crippen LogP contribution is 2.34. The lowest BCUT2D eigenvalue weighted by Crippen LogP contribution is -2.14. The first-order valence-corrected chi connectivity index (χ1v) is 8.50. The molecule has 2 aromatic heterocycles. The standard InChI is InChI=1S/C17H15N3OS2/c1-2-11(10-22)16(21)19-13-6-4-3-5-12(13)17-20-14-7-8-18-9-15(14)23-17/h3-10,22H,2H2,1H3,(H,19,21)/b11-10+. The van der Waals surface area contributed by atoms with Crippen molar-refractivity contribution in [2.24, 2.45) is 0 Å². The molecule has 0 aliphatic heterocycles. The number of carbonyl (C=O) groups is 1. The molecule has 0 unspecified atom stereocenters. The molecule has 6 heteroatoms. The van der Waals surface area contributed by atoms with Gasteiger partial charge in [-0.1, -0.05) is 19.1 Å². The number of rotatable bonds is 4. The topological polar surface area (TPSA) is 54.9 Å². The van der Waals surface area contributed by atoms with Crippen LogP contribution in [0.15, 0.2) is 53.7 Å². The van der Waals surface area contributed by atoms with Crippen LogP contribution in [0.2, 0.25) is 0 Å². The van der Waals surface area contributed by atoms with Gasteiger partial charge in [-0.05, 0) is 30.0 Å². The molecule has 0 atom stereocenters. The summed E-state index contributed by atoms with van der Waals surface area (Å²) in [7, 11) is 0. The van der Waals surface area contributed by atoms with Crippen molar-refractivity contribution in [1.82, 2.24) is 9.97 Å². The Morgan fingerprint density at radius 2 is 2.17 bits per heavy atom. The maximum absolute atomic E-state index is 12.3. The fourth-order valence-electron chi connectivity index (χ4n) is 2.19. The number of benzene rings is 1. The van der Waals surface area contributed by atoms with E-state index in [-0.39, 0.29) is 5.91 Å². The van der Waals surface area contributed by atoms with Crippen LogP contribution in [0.4, 0.5) is 5.69 Å². The van der Waals surface area contributed by atoms with Crippen molar-refractivity contribution in [2.75, 3.05) is 5.32 Å². The van der Waals surface area contributed by atoms with Gasteiger partial charge in [-0.2, -0.15) is 12.6 Å². The molecule has 1 amide bonds. The van der Waals surface area contributed by atoms with E-state index in [0.29, 0.717) is 12.0 Å². The number of pyridine rings is 1. The van der Waals surface area contributed by atoms with Crippen molar-refractivity contribution in [3.63, 3.8) is 0 Å². The Balaban J connectivity index is 1.99. The lowest BCUT2D eigenvalue weighted by atomic mass is 10.1. The highest BCUT2D eigenvalue weighted by atomic mass is 32.1. The lowest BCUT2D eigenvalue weighted by molar-refractivity contribution is -0.112. The van der Waals surface area contributed by atoms with E-state index in [4.69, 9.17) is 0 Å². The Morgan fingerprint density at radius 1 is 1.35 bits per heavy atom. The van der Waals surface area contributed by atoms with Gasteiger partial charge in [-0.15, -0.1) is 11.3 Å². The Kier molecular flexibility index (Phi) is 4.73. The highest BCUT2D eigenvalue weighted by molar-refractivity contribution is 7.83. The normalized spacial score (nSPS) is 11.7. The van der Waals surface area contributed by atoms with E-state index in [0.717, 1.165) is 26.5 Å². The number of para-hydroxylation sites is 1. The molecule has 3 rings (SSSR count). The number of fused-ring (bicyclic) bond motifs is 1. The Hall–Kier alpha value is -2.18. The van der Waals surface area contributed by atoms with Gasteiger partial charge in [0.15, 0.2) is 0 Å². The molecule has 1 N–H and O–H groups in total.